The van der Waals surface area contributed by atoms with E-state index in [0.717, 1.165) is 30.7 Å². The number of carbonyl (C=O) groups excluding carboxylic acids is 3. The fraction of sp³-hybridized carbons (Fsp3) is 0.500. The van der Waals surface area contributed by atoms with E-state index in [-0.39, 0.29) is 36.5 Å². The Balaban J connectivity index is 1.54. The first-order valence-corrected chi connectivity index (χ1v) is 12.2. The van der Waals surface area contributed by atoms with Crippen molar-refractivity contribution in [2.75, 3.05) is 33.7 Å². The average Bonchev–Trinajstić information content (AvgIpc) is 3.30. The number of piperidine rings is 1. The van der Waals surface area contributed by atoms with E-state index < -0.39 is 0 Å². The highest BCUT2D eigenvalue weighted by Crippen LogP contribution is 2.30. The Morgan fingerprint density at radius 2 is 1.91 bits per heavy atom. The van der Waals surface area contributed by atoms with Crippen molar-refractivity contribution in [2.45, 2.75) is 44.9 Å². The third kappa shape index (κ3) is 7.36. The van der Waals surface area contributed by atoms with Crippen molar-refractivity contribution >= 4 is 29.1 Å². The van der Waals surface area contributed by atoms with E-state index in [2.05, 4.69) is 16.8 Å². The molecule has 33 heavy (non-hydrogen) atoms. The molecule has 178 valence electrons. The second kappa shape index (κ2) is 11.9. The minimum atomic E-state index is -0.165. The molecule has 3 heterocycles. The predicted octanol–water partition coefficient (Wildman–Crippen LogP) is 2.50. The largest absolute Gasteiger partial charge is 0.352 e. The van der Waals surface area contributed by atoms with Crippen LogP contribution in [-0.4, -0.2) is 66.3 Å². The molecule has 0 unspecified atom stereocenters. The van der Waals surface area contributed by atoms with Crippen LogP contribution >= 0.6 is 11.3 Å². The monoisotopic (exact) mass is 471 g/mol. The fourth-order valence-corrected chi connectivity index (χ4v) is 4.72. The molecule has 0 atom stereocenters. The van der Waals surface area contributed by atoms with Gasteiger partial charge >= 0.3 is 0 Å². The molecule has 1 aliphatic rings. The summed E-state index contributed by atoms with van der Waals surface area (Å²) in [4.78, 5) is 45.0. The molecule has 0 aromatic carbocycles. The van der Waals surface area contributed by atoms with E-state index in [1.54, 1.807) is 30.4 Å². The molecular weight excluding hydrogens is 438 g/mol. The van der Waals surface area contributed by atoms with Crippen LogP contribution in [0.3, 0.4) is 0 Å². The van der Waals surface area contributed by atoms with E-state index in [1.165, 1.54) is 4.88 Å². The summed E-state index contributed by atoms with van der Waals surface area (Å²) in [5.74, 6) is -0.142. The van der Waals surface area contributed by atoms with Gasteiger partial charge in [-0.15, -0.1) is 11.3 Å². The Hall–Kier alpha value is -2.78. The van der Waals surface area contributed by atoms with Crippen LogP contribution in [-0.2, 0) is 16.0 Å². The van der Waals surface area contributed by atoms with Crippen molar-refractivity contribution < 1.29 is 14.4 Å². The number of hydrogen-bond donors (Lipinski definition) is 2. The zero-order valence-electron chi connectivity index (χ0n) is 19.6. The number of carbonyl (C=O) groups is 3. The van der Waals surface area contributed by atoms with E-state index in [9.17, 15) is 14.4 Å². The van der Waals surface area contributed by atoms with E-state index in [4.69, 9.17) is 4.98 Å². The number of hydrazine groups is 1. The molecule has 8 nitrogen and oxygen atoms in total. The molecule has 9 heteroatoms. The van der Waals surface area contributed by atoms with Gasteiger partial charge in [-0.2, -0.15) is 0 Å². The number of likely N-dealkylation sites (tertiary alicyclic amines) is 1. The van der Waals surface area contributed by atoms with Gasteiger partial charge in [0.1, 0.15) is 0 Å². The van der Waals surface area contributed by atoms with Crippen LogP contribution in [0.15, 0.2) is 29.6 Å². The molecule has 0 bridgehead atoms. The van der Waals surface area contributed by atoms with Crippen LogP contribution in [0.25, 0.3) is 0 Å². The highest BCUT2D eigenvalue weighted by molar-refractivity contribution is 7.09. The maximum Gasteiger partial charge on any atom is 0.253 e. The first-order chi connectivity index (χ1) is 15.8. The van der Waals surface area contributed by atoms with Crippen LogP contribution in [0.1, 0.15) is 58.2 Å². The average molecular weight is 472 g/mol. The predicted molar refractivity (Wildman–Crippen MR) is 129 cm³/mol. The second-order valence-corrected chi connectivity index (χ2v) is 9.59. The van der Waals surface area contributed by atoms with Crippen molar-refractivity contribution in [3.8, 4) is 0 Å². The molecule has 0 saturated carbocycles. The Bertz CT molecular complexity index is 953. The first-order valence-electron chi connectivity index (χ1n) is 11.4. The standard InChI is InChI=1S/C24H33N5O3S/c1-17-6-7-20(24(32)25-13-10-19-5-4-16-33-19)23(26-17)18-11-14-29(15-12-18)22(31)9-8-21(30)27-28(2)3/h4-7,16,18H,8-15H2,1-3H3,(H,25,32)(H,27,30). The smallest absolute Gasteiger partial charge is 0.253 e. The van der Waals surface area contributed by atoms with Crippen molar-refractivity contribution in [1.82, 2.24) is 25.6 Å². The lowest BCUT2D eigenvalue weighted by molar-refractivity contribution is -0.135. The number of rotatable bonds is 9. The van der Waals surface area contributed by atoms with Crippen LogP contribution in [0.5, 0.6) is 0 Å². The number of aromatic nitrogens is 1. The highest BCUT2D eigenvalue weighted by Gasteiger charge is 2.28. The van der Waals surface area contributed by atoms with Gasteiger partial charge in [0.2, 0.25) is 11.8 Å². The van der Waals surface area contributed by atoms with Crippen LogP contribution < -0.4 is 10.7 Å². The molecular formula is C24H33N5O3S. The van der Waals surface area contributed by atoms with Crippen molar-refractivity contribution in [3.63, 3.8) is 0 Å². The van der Waals surface area contributed by atoms with E-state index in [0.29, 0.717) is 25.2 Å². The number of amides is 3. The summed E-state index contributed by atoms with van der Waals surface area (Å²) in [6, 6.07) is 7.81. The molecule has 0 aliphatic carbocycles. The molecule has 1 fully saturated rings. The molecule has 2 aromatic rings. The van der Waals surface area contributed by atoms with Gasteiger partial charge in [-0.1, -0.05) is 6.07 Å². The minimum absolute atomic E-state index is 0.00824. The molecule has 1 saturated heterocycles. The van der Waals surface area contributed by atoms with E-state index in [1.807, 2.05) is 35.4 Å². The summed E-state index contributed by atoms with van der Waals surface area (Å²) >= 11 is 1.69. The Morgan fingerprint density at radius 3 is 2.58 bits per heavy atom. The second-order valence-electron chi connectivity index (χ2n) is 8.56. The maximum absolute atomic E-state index is 12.9. The molecule has 3 amide bonds. The van der Waals surface area contributed by atoms with E-state index >= 15 is 0 Å². The van der Waals surface area contributed by atoms with Crippen molar-refractivity contribution in [1.29, 1.82) is 0 Å². The number of nitrogens with one attached hydrogen (secondary N) is 2. The van der Waals surface area contributed by atoms with Gasteiger partial charge in [-0.3, -0.25) is 24.8 Å². The topological polar surface area (TPSA) is 94.6 Å². The van der Waals surface area contributed by atoms with Gasteiger partial charge in [0.05, 0.1) is 11.3 Å². The Kier molecular flexibility index (Phi) is 8.96. The lowest BCUT2D eigenvalue weighted by Gasteiger charge is -2.32. The highest BCUT2D eigenvalue weighted by atomic mass is 32.1. The van der Waals surface area contributed by atoms with Crippen LogP contribution in [0.4, 0.5) is 0 Å². The Labute approximate surface area is 199 Å². The number of pyridine rings is 1. The number of hydrogen-bond acceptors (Lipinski definition) is 6. The third-order valence-corrected chi connectivity index (χ3v) is 6.63. The van der Waals surface area contributed by atoms with Gasteiger partial charge in [0.25, 0.3) is 5.91 Å². The zero-order chi connectivity index (χ0) is 23.8. The fourth-order valence-electron chi connectivity index (χ4n) is 4.02. The van der Waals surface area contributed by atoms with Crippen molar-refractivity contribution in [2.24, 2.45) is 0 Å². The summed E-state index contributed by atoms with van der Waals surface area (Å²) in [5.41, 5.74) is 4.97. The molecule has 0 spiro atoms. The number of aryl methyl sites for hydroxylation is 1. The summed E-state index contributed by atoms with van der Waals surface area (Å²) in [6.07, 6.45) is 2.69. The quantitative estimate of drug-likeness (QED) is 0.548. The molecule has 2 N–H and O–H groups in total. The molecule has 3 rings (SSSR count). The van der Waals surface area contributed by atoms with Crippen LogP contribution in [0.2, 0.25) is 0 Å². The van der Waals surface area contributed by atoms with Gasteiger partial charge in [-0.25, -0.2) is 5.01 Å². The van der Waals surface area contributed by atoms with Gasteiger partial charge in [-0.05, 0) is 49.8 Å². The summed E-state index contributed by atoms with van der Waals surface area (Å²) in [7, 11) is 3.48. The zero-order valence-corrected chi connectivity index (χ0v) is 20.4. The lowest BCUT2D eigenvalue weighted by atomic mass is 9.89. The SMILES string of the molecule is Cc1ccc(C(=O)NCCc2cccs2)c(C2CCN(C(=O)CCC(=O)NN(C)C)CC2)n1. The normalized spacial score (nSPS) is 14.4. The summed E-state index contributed by atoms with van der Waals surface area (Å²) in [5, 5.41) is 6.63. The van der Waals surface area contributed by atoms with Crippen molar-refractivity contribution in [3.05, 3.63) is 51.5 Å². The molecule has 1 aliphatic heterocycles. The minimum Gasteiger partial charge on any atom is -0.352 e. The molecule has 0 radical (unpaired) electrons. The Morgan fingerprint density at radius 1 is 1.15 bits per heavy atom. The molecule has 2 aromatic heterocycles. The number of thiophene rings is 1. The summed E-state index contributed by atoms with van der Waals surface area (Å²) in [6.45, 7) is 3.72. The number of nitrogens with zero attached hydrogens (tertiary/aromatic N) is 3. The van der Waals surface area contributed by atoms with Gasteiger partial charge < -0.3 is 10.2 Å². The summed E-state index contributed by atoms with van der Waals surface area (Å²) < 4.78 is 0. The van der Waals surface area contributed by atoms with Gasteiger partial charge in [0.15, 0.2) is 0 Å². The first kappa shape index (κ1) is 24.9. The lowest BCUT2D eigenvalue weighted by Crippen LogP contribution is -2.40. The van der Waals surface area contributed by atoms with Crippen LogP contribution in [0, 0.1) is 6.92 Å². The third-order valence-electron chi connectivity index (χ3n) is 5.69. The maximum atomic E-state index is 12.9. The van der Waals surface area contributed by atoms with Gasteiger partial charge in [0, 0.05) is 63.1 Å².